The third kappa shape index (κ3) is 3.40. The van der Waals surface area contributed by atoms with Crippen LogP contribution < -0.4 is 5.32 Å². The summed E-state index contributed by atoms with van der Waals surface area (Å²) in [6, 6.07) is 3.76. The molecule has 3 heterocycles. The van der Waals surface area contributed by atoms with Gasteiger partial charge in [0.1, 0.15) is 0 Å². The topological polar surface area (TPSA) is 71.5 Å². The van der Waals surface area contributed by atoms with Crippen LogP contribution in [0.25, 0.3) is 0 Å². The molecule has 1 aromatic heterocycles. The van der Waals surface area contributed by atoms with Gasteiger partial charge < -0.3 is 15.0 Å². The lowest BCUT2D eigenvalue weighted by molar-refractivity contribution is -0.135. The highest BCUT2D eigenvalue weighted by Crippen LogP contribution is 2.58. The number of carbonyl (C=O) groups excluding carboxylic acids is 2. The van der Waals surface area contributed by atoms with Crippen LogP contribution in [0, 0.1) is 17.3 Å². The van der Waals surface area contributed by atoms with Gasteiger partial charge in [0, 0.05) is 44.6 Å². The normalized spacial score (nSPS) is 30.6. The standard InChI is InChI=1S/C19H25N3O3/c23-17(9-14-1-5-20-6-2-14)22-7-4-19(10-16(19)12-22)18(24)21-11-15-3-8-25-13-15/h1-2,5-6,15-16H,3-4,7-13H2,(H,21,24). The summed E-state index contributed by atoms with van der Waals surface area (Å²) in [5, 5.41) is 3.13. The molecule has 6 heteroatoms. The molecule has 1 aliphatic carbocycles. The highest BCUT2D eigenvalue weighted by Gasteiger charge is 2.62. The van der Waals surface area contributed by atoms with Crippen molar-refractivity contribution in [2.75, 3.05) is 32.8 Å². The number of fused-ring (bicyclic) bond motifs is 1. The third-order valence-corrected chi connectivity index (χ3v) is 5.99. The first-order valence-electron chi connectivity index (χ1n) is 9.20. The predicted octanol–water partition coefficient (Wildman–Crippen LogP) is 1.02. The number of amides is 2. The second kappa shape index (κ2) is 6.75. The van der Waals surface area contributed by atoms with Crippen LogP contribution in [-0.4, -0.2) is 54.5 Å². The maximum atomic E-state index is 12.6. The van der Waals surface area contributed by atoms with Crippen molar-refractivity contribution in [3.05, 3.63) is 30.1 Å². The summed E-state index contributed by atoms with van der Waals surface area (Å²) in [4.78, 5) is 31.0. The van der Waals surface area contributed by atoms with Gasteiger partial charge in [-0.05, 0) is 42.9 Å². The van der Waals surface area contributed by atoms with E-state index in [2.05, 4.69) is 10.3 Å². The van der Waals surface area contributed by atoms with Gasteiger partial charge in [-0.15, -0.1) is 0 Å². The van der Waals surface area contributed by atoms with Crippen molar-refractivity contribution in [1.82, 2.24) is 15.2 Å². The summed E-state index contributed by atoms with van der Waals surface area (Å²) >= 11 is 0. The van der Waals surface area contributed by atoms with E-state index >= 15 is 0 Å². The van der Waals surface area contributed by atoms with E-state index in [1.807, 2.05) is 17.0 Å². The number of pyridine rings is 1. The summed E-state index contributed by atoms with van der Waals surface area (Å²) in [6.45, 7) is 3.68. The van der Waals surface area contributed by atoms with E-state index in [1.54, 1.807) is 12.4 Å². The SMILES string of the molecule is O=C(Cc1ccncc1)N1CCC2(C(=O)NCC3CCOC3)CC2C1. The molecule has 25 heavy (non-hydrogen) atoms. The second-order valence-electron chi connectivity index (χ2n) is 7.62. The quantitative estimate of drug-likeness (QED) is 0.866. The third-order valence-electron chi connectivity index (χ3n) is 5.99. The molecule has 134 valence electrons. The lowest BCUT2D eigenvalue weighted by atomic mass is 9.93. The Balaban J connectivity index is 1.27. The van der Waals surface area contributed by atoms with E-state index in [4.69, 9.17) is 4.74 Å². The van der Waals surface area contributed by atoms with Gasteiger partial charge >= 0.3 is 0 Å². The Hall–Kier alpha value is -1.95. The van der Waals surface area contributed by atoms with Crippen LogP contribution in [0.15, 0.2) is 24.5 Å². The van der Waals surface area contributed by atoms with Gasteiger partial charge in [-0.25, -0.2) is 0 Å². The first-order chi connectivity index (χ1) is 12.2. The van der Waals surface area contributed by atoms with E-state index < -0.39 is 0 Å². The Morgan fingerprint density at radius 3 is 2.92 bits per heavy atom. The van der Waals surface area contributed by atoms with Crippen molar-refractivity contribution < 1.29 is 14.3 Å². The number of rotatable bonds is 5. The lowest BCUT2D eigenvalue weighted by Gasteiger charge is -2.31. The average molecular weight is 343 g/mol. The highest BCUT2D eigenvalue weighted by atomic mass is 16.5. The van der Waals surface area contributed by atoms with Crippen molar-refractivity contribution in [3.63, 3.8) is 0 Å². The highest BCUT2D eigenvalue weighted by molar-refractivity contribution is 5.87. The molecule has 3 unspecified atom stereocenters. The van der Waals surface area contributed by atoms with Crippen molar-refractivity contribution in [2.24, 2.45) is 17.3 Å². The number of carbonyl (C=O) groups is 2. The van der Waals surface area contributed by atoms with Crippen LogP contribution in [0.5, 0.6) is 0 Å². The van der Waals surface area contributed by atoms with E-state index in [-0.39, 0.29) is 17.2 Å². The van der Waals surface area contributed by atoms with E-state index in [9.17, 15) is 9.59 Å². The first-order valence-corrected chi connectivity index (χ1v) is 9.20. The molecule has 0 bridgehead atoms. The number of hydrogen-bond acceptors (Lipinski definition) is 4. The molecule has 2 saturated heterocycles. The summed E-state index contributed by atoms with van der Waals surface area (Å²) < 4.78 is 5.36. The molecule has 2 amide bonds. The Morgan fingerprint density at radius 2 is 2.20 bits per heavy atom. The maximum Gasteiger partial charge on any atom is 0.227 e. The summed E-state index contributed by atoms with van der Waals surface area (Å²) in [5.74, 6) is 1.11. The fourth-order valence-electron chi connectivity index (χ4n) is 4.18. The average Bonchev–Trinajstić information content (AvgIpc) is 3.15. The van der Waals surface area contributed by atoms with Crippen LogP contribution in [0.2, 0.25) is 0 Å². The molecule has 3 atom stereocenters. The molecule has 0 spiro atoms. The van der Waals surface area contributed by atoms with Crippen LogP contribution in [0.3, 0.4) is 0 Å². The van der Waals surface area contributed by atoms with Gasteiger partial charge in [-0.3, -0.25) is 14.6 Å². The van der Waals surface area contributed by atoms with Gasteiger partial charge in [-0.2, -0.15) is 0 Å². The van der Waals surface area contributed by atoms with Crippen molar-refractivity contribution in [3.8, 4) is 0 Å². The monoisotopic (exact) mass is 343 g/mol. The zero-order chi connectivity index (χ0) is 17.3. The van der Waals surface area contributed by atoms with E-state index in [0.717, 1.165) is 44.6 Å². The summed E-state index contributed by atoms with van der Waals surface area (Å²) in [5.41, 5.74) is 0.775. The van der Waals surface area contributed by atoms with Crippen LogP contribution >= 0.6 is 0 Å². The predicted molar refractivity (Wildman–Crippen MR) is 91.6 cm³/mol. The van der Waals surface area contributed by atoms with Gasteiger partial charge in [0.05, 0.1) is 18.4 Å². The Morgan fingerprint density at radius 1 is 1.36 bits per heavy atom. The van der Waals surface area contributed by atoms with E-state index in [1.165, 1.54) is 0 Å². The second-order valence-corrected chi connectivity index (χ2v) is 7.62. The van der Waals surface area contributed by atoms with Gasteiger partial charge in [0.2, 0.25) is 11.8 Å². The number of likely N-dealkylation sites (tertiary alicyclic amines) is 1. The fraction of sp³-hybridized carbons (Fsp3) is 0.632. The smallest absolute Gasteiger partial charge is 0.227 e. The Bertz CT molecular complexity index is 645. The lowest BCUT2D eigenvalue weighted by Crippen LogP contribution is -2.45. The fourth-order valence-corrected chi connectivity index (χ4v) is 4.18. The molecule has 0 radical (unpaired) electrons. The molecule has 3 fully saturated rings. The minimum Gasteiger partial charge on any atom is -0.381 e. The molecule has 1 N–H and O–H groups in total. The molecule has 6 nitrogen and oxygen atoms in total. The molecule has 1 aromatic rings. The maximum absolute atomic E-state index is 12.6. The number of ether oxygens (including phenoxy) is 1. The van der Waals surface area contributed by atoms with Crippen LogP contribution in [0.4, 0.5) is 0 Å². The molecule has 1 saturated carbocycles. The van der Waals surface area contributed by atoms with Crippen LogP contribution in [-0.2, 0) is 20.7 Å². The van der Waals surface area contributed by atoms with Gasteiger partial charge in [0.15, 0.2) is 0 Å². The number of nitrogens with zero attached hydrogens (tertiary/aromatic N) is 2. The number of nitrogens with one attached hydrogen (secondary N) is 1. The molecule has 3 aliphatic rings. The first kappa shape index (κ1) is 16.5. The Labute approximate surface area is 147 Å². The Kier molecular flexibility index (Phi) is 4.46. The largest absolute Gasteiger partial charge is 0.381 e. The number of hydrogen-bond donors (Lipinski definition) is 1. The minimum atomic E-state index is -0.215. The molecular weight excluding hydrogens is 318 g/mol. The zero-order valence-electron chi connectivity index (χ0n) is 14.4. The zero-order valence-corrected chi connectivity index (χ0v) is 14.4. The van der Waals surface area contributed by atoms with Gasteiger partial charge in [0.25, 0.3) is 0 Å². The summed E-state index contributed by atoms with van der Waals surface area (Å²) in [6.07, 6.45) is 6.57. The summed E-state index contributed by atoms with van der Waals surface area (Å²) in [7, 11) is 0. The molecule has 2 aliphatic heterocycles. The van der Waals surface area contributed by atoms with E-state index in [0.29, 0.717) is 31.3 Å². The van der Waals surface area contributed by atoms with Crippen LogP contribution in [0.1, 0.15) is 24.8 Å². The number of piperidine rings is 1. The molecule has 4 rings (SSSR count). The molecular formula is C19H25N3O3. The van der Waals surface area contributed by atoms with Crippen molar-refractivity contribution in [2.45, 2.75) is 25.7 Å². The van der Waals surface area contributed by atoms with Gasteiger partial charge in [-0.1, -0.05) is 0 Å². The molecule has 0 aromatic carbocycles. The minimum absolute atomic E-state index is 0.148. The van der Waals surface area contributed by atoms with Crippen molar-refractivity contribution in [1.29, 1.82) is 0 Å². The number of aromatic nitrogens is 1. The van der Waals surface area contributed by atoms with Crippen molar-refractivity contribution >= 4 is 11.8 Å².